The molecule has 0 atom stereocenters. The van der Waals surface area contributed by atoms with Crippen LogP contribution in [0.3, 0.4) is 0 Å². The highest BCUT2D eigenvalue weighted by atomic mass is 16.5. The first-order chi connectivity index (χ1) is 14.4. The summed E-state index contributed by atoms with van der Waals surface area (Å²) in [4.78, 5) is 11.9. The van der Waals surface area contributed by atoms with Crippen LogP contribution in [0.15, 0.2) is 42.5 Å². The van der Waals surface area contributed by atoms with Crippen LogP contribution in [0.5, 0.6) is 5.75 Å². The number of rotatable bonds is 7. The number of nitrogen functional groups attached to an aromatic ring is 1. The van der Waals surface area contributed by atoms with Gasteiger partial charge in [-0.3, -0.25) is 5.32 Å². The second-order valence-corrected chi connectivity index (χ2v) is 7.15. The quantitative estimate of drug-likeness (QED) is 0.415. The molecule has 0 saturated heterocycles. The molecule has 156 valence electrons. The molecule has 3 rings (SSSR count). The van der Waals surface area contributed by atoms with Crippen LogP contribution in [-0.2, 0) is 11.3 Å². The third kappa shape index (κ3) is 4.52. The fourth-order valence-electron chi connectivity index (χ4n) is 3.44. The van der Waals surface area contributed by atoms with Gasteiger partial charge < -0.3 is 19.8 Å². The summed E-state index contributed by atoms with van der Waals surface area (Å²) in [6.07, 6.45) is 5.10. The first kappa shape index (κ1) is 21.1. The second-order valence-electron chi connectivity index (χ2n) is 7.15. The van der Waals surface area contributed by atoms with Crippen molar-refractivity contribution < 1.29 is 14.3 Å². The monoisotopic (exact) mass is 405 g/mol. The minimum absolute atomic E-state index is 0.0902. The number of fused-ring (bicyclic) bond motifs is 1. The lowest BCUT2D eigenvalue weighted by atomic mass is 10.1. The van der Waals surface area contributed by atoms with Crippen LogP contribution in [0.1, 0.15) is 27.2 Å². The number of anilines is 2. The summed E-state index contributed by atoms with van der Waals surface area (Å²) in [7, 11) is 0. The first-order valence-electron chi connectivity index (χ1n) is 10.0. The van der Waals surface area contributed by atoms with E-state index in [1.807, 2.05) is 50.2 Å². The molecule has 3 N–H and O–H groups in total. The number of amides is 1. The van der Waals surface area contributed by atoms with Crippen molar-refractivity contribution in [1.29, 1.82) is 0 Å². The lowest BCUT2D eigenvalue weighted by Crippen LogP contribution is -2.14. The molecule has 30 heavy (non-hydrogen) atoms. The Bertz CT molecular complexity index is 1090. The molecular formula is C24H27N3O3. The lowest BCUT2D eigenvalue weighted by molar-refractivity contribution is 0.164. The highest BCUT2D eigenvalue weighted by Gasteiger charge is 2.17. The van der Waals surface area contributed by atoms with E-state index in [-0.39, 0.29) is 12.7 Å². The Kier molecular flexibility index (Phi) is 6.53. The number of benzene rings is 2. The Morgan fingerprint density at radius 2 is 2.07 bits per heavy atom. The summed E-state index contributed by atoms with van der Waals surface area (Å²) in [5, 5.41) is 3.70. The Labute approximate surface area is 177 Å². The SMILES string of the molecule is C#CCCOC(=O)Nc1cccc(-c2c(N)c3ccc(OC(C)C)cc3n2CC)c1. The summed E-state index contributed by atoms with van der Waals surface area (Å²) in [6, 6.07) is 13.5. The van der Waals surface area contributed by atoms with Crippen LogP contribution in [0.25, 0.3) is 22.2 Å². The van der Waals surface area contributed by atoms with Crippen LogP contribution < -0.4 is 15.8 Å². The molecule has 0 unspecified atom stereocenters. The molecule has 6 heteroatoms. The van der Waals surface area contributed by atoms with Gasteiger partial charge in [-0.25, -0.2) is 4.79 Å². The summed E-state index contributed by atoms with van der Waals surface area (Å²) >= 11 is 0. The molecule has 0 aliphatic carbocycles. The van der Waals surface area contributed by atoms with Gasteiger partial charge in [0.1, 0.15) is 12.4 Å². The average Bonchev–Trinajstić information content (AvgIpc) is 2.99. The molecule has 0 bridgehead atoms. The molecule has 0 fully saturated rings. The van der Waals surface area contributed by atoms with Crippen molar-refractivity contribution in [2.45, 2.75) is 39.8 Å². The van der Waals surface area contributed by atoms with Gasteiger partial charge in [0, 0.05) is 35.7 Å². The number of terminal acetylenes is 1. The fraction of sp³-hybridized carbons (Fsp3) is 0.292. The molecule has 1 amide bonds. The molecular weight excluding hydrogens is 378 g/mol. The van der Waals surface area contributed by atoms with E-state index in [1.54, 1.807) is 6.07 Å². The zero-order valence-electron chi connectivity index (χ0n) is 17.6. The predicted molar refractivity (Wildman–Crippen MR) is 122 cm³/mol. The number of nitrogens with two attached hydrogens (primary N) is 1. The Morgan fingerprint density at radius 1 is 1.27 bits per heavy atom. The Morgan fingerprint density at radius 3 is 2.77 bits per heavy atom. The zero-order chi connectivity index (χ0) is 21.7. The van der Waals surface area contributed by atoms with Crippen molar-refractivity contribution >= 4 is 28.4 Å². The van der Waals surface area contributed by atoms with Gasteiger partial charge in [-0.1, -0.05) is 12.1 Å². The third-order valence-electron chi connectivity index (χ3n) is 4.63. The normalized spacial score (nSPS) is 10.8. The van der Waals surface area contributed by atoms with Crippen LogP contribution in [0.4, 0.5) is 16.2 Å². The number of nitrogens with one attached hydrogen (secondary N) is 1. The summed E-state index contributed by atoms with van der Waals surface area (Å²) in [6.45, 7) is 6.99. The predicted octanol–water partition coefficient (Wildman–Crippen LogP) is 5.27. The smallest absolute Gasteiger partial charge is 0.411 e. The molecule has 0 saturated carbocycles. The summed E-state index contributed by atoms with van der Waals surface area (Å²) in [5.74, 6) is 3.24. The number of aromatic nitrogens is 1. The molecule has 2 aromatic carbocycles. The van der Waals surface area contributed by atoms with Gasteiger partial charge in [-0.05, 0) is 45.0 Å². The van der Waals surface area contributed by atoms with Crippen molar-refractivity contribution in [2.75, 3.05) is 17.7 Å². The third-order valence-corrected chi connectivity index (χ3v) is 4.63. The van der Waals surface area contributed by atoms with Gasteiger partial charge in [0.05, 0.1) is 23.0 Å². The van der Waals surface area contributed by atoms with Crippen molar-refractivity contribution in [3.8, 4) is 29.4 Å². The Balaban J connectivity index is 1.97. The molecule has 0 radical (unpaired) electrons. The topological polar surface area (TPSA) is 78.5 Å². The standard InChI is InChI=1S/C24H27N3O3/c1-5-7-13-29-24(28)26-18-10-8-9-17(14-18)23-22(25)20-12-11-19(30-16(3)4)15-21(20)27(23)6-2/h1,8-12,14-16H,6-7,13,25H2,2-4H3,(H,26,28). The van der Waals surface area contributed by atoms with E-state index in [0.29, 0.717) is 17.8 Å². The van der Waals surface area contributed by atoms with Gasteiger partial charge >= 0.3 is 6.09 Å². The molecule has 0 spiro atoms. The number of hydrogen-bond donors (Lipinski definition) is 2. The number of carbonyl (C=O) groups excluding carboxylic acids is 1. The number of nitrogens with zero attached hydrogens (tertiary/aromatic N) is 1. The number of aryl methyl sites for hydroxylation is 1. The molecule has 1 heterocycles. The number of ether oxygens (including phenoxy) is 2. The van der Waals surface area contributed by atoms with Crippen molar-refractivity contribution in [3.63, 3.8) is 0 Å². The van der Waals surface area contributed by atoms with E-state index < -0.39 is 6.09 Å². The lowest BCUT2D eigenvalue weighted by Gasteiger charge is -2.12. The maximum Gasteiger partial charge on any atom is 0.411 e. The van der Waals surface area contributed by atoms with Gasteiger partial charge in [0.2, 0.25) is 0 Å². The van der Waals surface area contributed by atoms with E-state index in [9.17, 15) is 4.79 Å². The highest BCUT2D eigenvalue weighted by Crippen LogP contribution is 2.38. The highest BCUT2D eigenvalue weighted by molar-refractivity contribution is 6.02. The van der Waals surface area contributed by atoms with Crippen LogP contribution in [0.2, 0.25) is 0 Å². The maximum atomic E-state index is 11.9. The summed E-state index contributed by atoms with van der Waals surface area (Å²) < 4.78 is 13.1. The molecule has 3 aromatic rings. The van der Waals surface area contributed by atoms with Gasteiger partial charge in [-0.2, -0.15) is 0 Å². The van der Waals surface area contributed by atoms with Crippen molar-refractivity contribution in [2.24, 2.45) is 0 Å². The zero-order valence-corrected chi connectivity index (χ0v) is 17.6. The summed E-state index contributed by atoms with van der Waals surface area (Å²) in [5.41, 5.74) is 10.7. The minimum Gasteiger partial charge on any atom is -0.491 e. The van der Waals surface area contributed by atoms with Crippen molar-refractivity contribution in [1.82, 2.24) is 4.57 Å². The van der Waals surface area contributed by atoms with E-state index >= 15 is 0 Å². The van der Waals surface area contributed by atoms with E-state index in [1.165, 1.54) is 0 Å². The van der Waals surface area contributed by atoms with E-state index in [0.717, 1.165) is 34.5 Å². The molecule has 6 nitrogen and oxygen atoms in total. The number of hydrogen-bond acceptors (Lipinski definition) is 4. The van der Waals surface area contributed by atoms with E-state index in [4.69, 9.17) is 21.6 Å². The largest absolute Gasteiger partial charge is 0.491 e. The van der Waals surface area contributed by atoms with Gasteiger partial charge in [0.15, 0.2) is 0 Å². The minimum atomic E-state index is -0.540. The molecule has 0 aliphatic heterocycles. The molecule has 1 aromatic heterocycles. The maximum absolute atomic E-state index is 11.9. The Hall–Kier alpha value is -3.59. The van der Waals surface area contributed by atoms with Gasteiger partial charge in [0.25, 0.3) is 0 Å². The van der Waals surface area contributed by atoms with Crippen LogP contribution in [0, 0.1) is 12.3 Å². The fourth-order valence-corrected chi connectivity index (χ4v) is 3.44. The van der Waals surface area contributed by atoms with E-state index in [2.05, 4.69) is 22.7 Å². The van der Waals surface area contributed by atoms with Crippen molar-refractivity contribution in [3.05, 3.63) is 42.5 Å². The second kappa shape index (κ2) is 9.27. The van der Waals surface area contributed by atoms with Crippen LogP contribution in [-0.4, -0.2) is 23.4 Å². The van der Waals surface area contributed by atoms with Gasteiger partial charge in [-0.15, -0.1) is 12.3 Å². The first-order valence-corrected chi connectivity index (χ1v) is 10.0. The van der Waals surface area contributed by atoms with Crippen LogP contribution >= 0.6 is 0 Å². The molecule has 0 aliphatic rings. The number of carbonyl (C=O) groups is 1. The average molecular weight is 405 g/mol.